The highest BCUT2D eigenvalue weighted by Crippen LogP contribution is 2.43. The van der Waals surface area contributed by atoms with Crippen LogP contribution in [-0.4, -0.2) is 43.6 Å². The summed E-state index contributed by atoms with van der Waals surface area (Å²) in [7, 11) is 1.37. The third-order valence-electron chi connectivity index (χ3n) is 6.36. The Labute approximate surface area is 257 Å². The smallest absolute Gasteiger partial charge is 0.251 e. The Morgan fingerprint density at radius 1 is 0.609 bits per heavy atom. The van der Waals surface area contributed by atoms with Crippen LogP contribution in [0.5, 0.6) is 51.7 Å². The van der Waals surface area contributed by atoms with Crippen molar-refractivity contribution in [3.63, 3.8) is 0 Å². The standard InChI is InChI=1S/C29H24N4O13/c1-30-29(40)16-8-23(44-10-13-2-17(31-41)25(33-43)19(34)4-13)28(46-12-14-3-18(32-42)26(38)20(35)5-14)24(9-16)45-11-15-6-21(36)27(39)22(37)7-15/h2-9,34-39H,10-12H2,1H3,(H,30,40). The second kappa shape index (κ2) is 13.8. The van der Waals surface area contributed by atoms with Gasteiger partial charge in [-0.25, -0.2) is 0 Å². The number of amides is 1. The highest BCUT2D eigenvalue weighted by Gasteiger charge is 2.21. The molecule has 1 amide bonds. The molecule has 7 N–H and O–H groups in total. The molecule has 46 heavy (non-hydrogen) atoms. The number of hydrogen-bond donors (Lipinski definition) is 7. The Morgan fingerprint density at radius 3 is 1.57 bits per heavy atom. The SMILES string of the molecule is CNC(=O)c1cc(OCc2cc(O)c(O)c(O)c2)c(OCc2cc(O)c(O)c(N=O)c2)c(OCc2cc(O)c(N=O)c(N=O)c2)c1. The van der Waals surface area contributed by atoms with Gasteiger partial charge < -0.3 is 50.2 Å². The minimum atomic E-state index is -0.748. The van der Waals surface area contributed by atoms with Crippen molar-refractivity contribution >= 4 is 23.0 Å². The van der Waals surface area contributed by atoms with Crippen molar-refractivity contribution < 1.29 is 49.6 Å². The fraction of sp³-hybridized carbons (Fsp3) is 0.138. The number of aromatic hydroxyl groups is 6. The number of hydrogen-bond acceptors (Lipinski definition) is 16. The maximum Gasteiger partial charge on any atom is 0.251 e. The Kier molecular flexibility index (Phi) is 9.65. The number of nitroso groups, excluding NO2 is 3. The van der Waals surface area contributed by atoms with E-state index in [1.54, 1.807) is 0 Å². The van der Waals surface area contributed by atoms with Gasteiger partial charge in [0.15, 0.2) is 51.6 Å². The molecule has 238 valence electrons. The fourth-order valence-corrected chi connectivity index (χ4v) is 4.15. The topological polar surface area (TPSA) is 266 Å². The molecule has 0 fully saturated rings. The van der Waals surface area contributed by atoms with Gasteiger partial charge in [0.1, 0.15) is 31.3 Å². The summed E-state index contributed by atoms with van der Waals surface area (Å²) in [5.74, 6) is -5.06. The predicted octanol–water partition coefficient (Wildman–Crippen LogP) is 5.21. The van der Waals surface area contributed by atoms with E-state index in [0.29, 0.717) is 0 Å². The van der Waals surface area contributed by atoms with Crippen LogP contribution >= 0.6 is 0 Å². The summed E-state index contributed by atoms with van der Waals surface area (Å²) in [5, 5.41) is 69.7. The van der Waals surface area contributed by atoms with Crippen LogP contribution in [-0.2, 0) is 19.8 Å². The number of phenolic OH excluding ortho intramolecular Hbond substituents is 6. The van der Waals surface area contributed by atoms with E-state index in [1.807, 2.05) is 0 Å². The molecule has 0 bridgehead atoms. The highest BCUT2D eigenvalue weighted by molar-refractivity contribution is 5.95. The molecular formula is C29H24N4O13. The molecule has 0 aliphatic rings. The summed E-state index contributed by atoms with van der Waals surface area (Å²) in [4.78, 5) is 45.9. The summed E-state index contributed by atoms with van der Waals surface area (Å²) in [6.45, 7) is -1.12. The maximum atomic E-state index is 12.7. The van der Waals surface area contributed by atoms with E-state index >= 15 is 0 Å². The van der Waals surface area contributed by atoms with E-state index in [0.717, 1.165) is 36.4 Å². The second-order valence-electron chi connectivity index (χ2n) is 9.47. The van der Waals surface area contributed by atoms with Crippen molar-refractivity contribution in [3.8, 4) is 51.7 Å². The molecule has 0 aliphatic heterocycles. The lowest BCUT2D eigenvalue weighted by Gasteiger charge is -2.19. The zero-order valence-electron chi connectivity index (χ0n) is 23.6. The van der Waals surface area contributed by atoms with Crippen molar-refractivity contribution in [2.24, 2.45) is 15.5 Å². The number of benzene rings is 4. The van der Waals surface area contributed by atoms with Gasteiger partial charge in [-0.15, -0.1) is 14.7 Å². The maximum absolute atomic E-state index is 12.7. The average molecular weight is 637 g/mol. The zero-order valence-corrected chi connectivity index (χ0v) is 23.6. The molecular weight excluding hydrogens is 612 g/mol. The van der Waals surface area contributed by atoms with Crippen LogP contribution in [0.1, 0.15) is 27.0 Å². The first-order valence-corrected chi connectivity index (χ1v) is 12.9. The minimum Gasteiger partial charge on any atom is -0.505 e. The van der Waals surface area contributed by atoms with Gasteiger partial charge in [-0.05, 0) is 80.8 Å². The van der Waals surface area contributed by atoms with Crippen molar-refractivity contribution in [1.82, 2.24) is 5.32 Å². The molecule has 4 aromatic carbocycles. The van der Waals surface area contributed by atoms with Crippen molar-refractivity contribution in [1.29, 1.82) is 0 Å². The second-order valence-corrected chi connectivity index (χ2v) is 9.47. The Hall–Kier alpha value is -6.65. The first-order chi connectivity index (χ1) is 22.0. The van der Waals surface area contributed by atoms with Crippen LogP contribution in [0.2, 0.25) is 0 Å². The van der Waals surface area contributed by atoms with E-state index in [9.17, 15) is 50.2 Å². The summed E-state index contributed by atoms with van der Waals surface area (Å²) in [5.41, 5.74) is -1.00. The molecule has 0 radical (unpaired) electrons. The van der Waals surface area contributed by atoms with Crippen molar-refractivity contribution in [3.05, 3.63) is 85.5 Å². The Balaban J connectivity index is 1.78. The van der Waals surface area contributed by atoms with E-state index in [-0.39, 0.29) is 59.3 Å². The molecule has 17 nitrogen and oxygen atoms in total. The van der Waals surface area contributed by atoms with Gasteiger partial charge in [0.05, 0.1) is 0 Å². The van der Waals surface area contributed by atoms with Gasteiger partial charge in [0.25, 0.3) is 5.91 Å². The lowest BCUT2D eigenvalue weighted by Crippen LogP contribution is -2.18. The van der Waals surface area contributed by atoms with Crippen molar-refractivity contribution in [2.45, 2.75) is 19.8 Å². The van der Waals surface area contributed by atoms with Crippen LogP contribution in [0.4, 0.5) is 17.1 Å². The van der Waals surface area contributed by atoms with Crippen LogP contribution in [0.15, 0.2) is 64.1 Å². The molecule has 17 heteroatoms. The van der Waals surface area contributed by atoms with E-state index in [2.05, 4.69) is 20.8 Å². The van der Waals surface area contributed by atoms with Gasteiger partial charge >= 0.3 is 0 Å². The molecule has 4 rings (SSSR count). The average Bonchev–Trinajstić information content (AvgIpc) is 3.04. The number of ether oxygens (including phenoxy) is 3. The number of nitrogens with one attached hydrogen (secondary N) is 1. The third kappa shape index (κ3) is 6.94. The third-order valence-corrected chi connectivity index (χ3v) is 6.36. The Morgan fingerprint density at radius 2 is 1.07 bits per heavy atom. The lowest BCUT2D eigenvalue weighted by molar-refractivity contribution is 0.0961. The first-order valence-electron chi connectivity index (χ1n) is 12.9. The first kappa shape index (κ1) is 32.3. The van der Waals surface area contributed by atoms with Crippen LogP contribution < -0.4 is 19.5 Å². The monoisotopic (exact) mass is 636 g/mol. The summed E-state index contributed by atoms with van der Waals surface area (Å²) in [6.07, 6.45) is 0. The molecule has 0 saturated carbocycles. The van der Waals surface area contributed by atoms with Gasteiger partial charge in [-0.1, -0.05) is 0 Å². The van der Waals surface area contributed by atoms with Gasteiger partial charge in [-0.3, -0.25) is 4.79 Å². The predicted molar refractivity (Wildman–Crippen MR) is 159 cm³/mol. The number of nitrogens with zero attached hydrogens (tertiary/aromatic N) is 3. The number of rotatable bonds is 13. The number of phenols is 6. The van der Waals surface area contributed by atoms with E-state index < -0.39 is 57.5 Å². The molecule has 0 atom stereocenters. The van der Waals surface area contributed by atoms with E-state index in [1.165, 1.54) is 19.2 Å². The number of carbonyl (C=O) groups excluding carboxylic acids is 1. The summed E-state index contributed by atoms with van der Waals surface area (Å²) in [6, 6.07) is 9.26. The van der Waals surface area contributed by atoms with Gasteiger partial charge in [-0.2, -0.15) is 0 Å². The largest absolute Gasteiger partial charge is 0.505 e. The van der Waals surface area contributed by atoms with Crippen LogP contribution in [0.3, 0.4) is 0 Å². The normalized spacial score (nSPS) is 10.5. The molecule has 0 aliphatic carbocycles. The van der Waals surface area contributed by atoms with Crippen LogP contribution in [0.25, 0.3) is 0 Å². The van der Waals surface area contributed by atoms with Gasteiger partial charge in [0, 0.05) is 12.6 Å². The molecule has 0 spiro atoms. The quantitative estimate of drug-likeness (QED) is 0.0734. The minimum absolute atomic E-state index is 0.00423. The molecule has 4 aromatic rings. The number of carbonyl (C=O) groups is 1. The molecule has 0 unspecified atom stereocenters. The van der Waals surface area contributed by atoms with E-state index in [4.69, 9.17) is 14.2 Å². The molecule has 0 heterocycles. The molecule has 0 saturated heterocycles. The van der Waals surface area contributed by atoms with Crippen molar-refractivity contribution in [2.75, 3.05) is 7.05 Å². The fourth-order valence-electron chi connectivity index (χ4n) is 4.15. The Bertz CT molecular complexity index is 1820. The van der Waals surface area contributed by atoms with Crippen LogP contribution in [0, 0.1) is 14.7 Å². The summed E-state index contributed by atoms with van der Waals surface area (Å²) < 4.78 is 17.7. The highest BCUT2D eigenvalue weighted by atomic mass is 16.5. The lowest BCUT2D eigenvalue weighted by atomic mass is 10.1. The van der Waals surface area contributed by atoms with Gasteiger partial charge in [0.2, 0.25) is 5.75 Å². The summed E-state index contributed by atoms with van der Waals surface area (Å²) >= 11 is 0. The zero-order chi connectivity index (χ0) is 33.5. The molecule has 0 aromatic heterocycles.